The molecule has 0 unspecified atom stereocenters. The molecule has 1 aromatic heterocycles. The molecular weight excluding hydrogens is 269 g/mol. The van der Waals surface area contributed by atoms with Gasteiger partial charge in [0.05, 0.1) is 13.7 Å². The van der Waals surface area contributed by atoms with Gasteiger partial charge in [0.1, 0.15) is 11.6 Å². The molecule has 0 aliphatic carbocycles. The highest BCUT2D eigenvalue weighted by atomic mass is 19.1. The highest BCUT2D eigenvalue weighted by molar-refractivity contribution is 5.89. The van der Waals surface area contributed by atoms with E-state index in [4.69, 9.17) is 4.74 Å². The molecule has 108 valence electrons. The molecule has 0 radical (unpaired) electrons. The normalized spacial score (nSPS) is 11.0. The van der Waals surface area contributed by atoms with Gasteiger partial charge in [-0.15, -0.1) is 0 Å². The first-order valence-corrected chi connectivity index (χ1v) is 6.70. The van der Waals surface area contributed by atoms with Crippen LogP contribution >= 0.6 is 0 Å². The van der Waals surface area contributed by atoms with Crippen LogP contribution in [-0.4, -0.2) is 17.2 Å². The van der Waals surface area contributed by atoms with Crippen molar-refractivity contribution in [1.29, 1.82) is 0 Å². The maximum absolute atomic E-state index is 13.3. The van der Waals surface area contributed by atoms with Crippen LogP contribution in [0, 0.1) is 12.7 Å². The number of nitrogens with one attached hydrogen (secondary N) is 1. The molecule has 4 heteroatoms. The van der Waals surface area contributed by atoms with E-state index in [1.165, 1.54) is 19.2 Å². The second-order valence-electron chi connectivity index (χ2n) is 4.99. The Bertz CT molecular complexity index is 808. The summed E-state index contributed by atoms with van der Waals surface area (Å²) in [5, 5.41) is 10.4. The zero-order valence-electron chi connectivity index (χ0n) is 11.9. The van der Waals surface area contributed by atoms with Crippen molar-refractivity contribution in [3.63, 3.8) is 0 Å². The molecule has 0 spiro atoms. The summed E-state index contributed by atoms with van der Waals surface area (Å²) in [6, 6.07) is 10.4. The van der Waals surface area contributed by atoms with Crippen molar-refractivity contribution < 1.29 is 14.2 Å². The van der Waals surface area contributed by atoms with Gasteiger partial charge in [0, 0.05) is 28.2 Å². The number of ether oxygens (including phenoxy) is 1. The van der Waals surface area contributed by atoms with Gasteiger partial charge in [0.2, 0.25) is 0 Å². The molecule has 0 aliphatic heterocycles. The van der Waals surface area contributed by atoms with Crippen molar-refractivity contribution in [1.82, 2.24) is 4.98 Å². The molecule has 0 amide bonds. The number of fused-ring (bicyclic) bond motifs is 1. The molecule has 2 aromatic carbocycles. The summed E-state index contributed by atoms with van der Waals surface area (Å²) in [6.07, 6.45) is 0. The minimum absolute atomic E-state index is 0.0181. The van der Waals surface area contributed by atoms with Crippen LogP contribution in [-0.2, 0) is 6.61 Å². The topological polar surface area (TPSA) is 45.2 Å². The van der Waals surface area contributed by atoms with Gasteiger partial charge in [0.25, 0.3) is 0 Å². The summed E-state index contributed by atoms with van der Waals surface area (Å²) in [6.45, 7) is 1.95. The van der Waals surface area contributed by atoms with E-state index >= 15 is 0 Å². The van der Waals surface area contributed by atoms with Gasteiger partial charge in [0.15, 0.2) is 0 Å². The molecule has 0 fully saturated rings. The monoisotopic (exact) mass is 285 g/mol. The molecule has 0 atom stereocenters. The van der Waals surface area contributed by atoms with Gasteiger partial charge in [-0.25, -0.2) is 4.39 Å². The van der Waals surface area contributed by atoms with Gasteiger partial charge in [-0.2, -0.15) is 0 Å². The van der Waals surface area contributed by atoms with Gasteiger partial charge >= 0.3 is 0 Å². The number of aromatic nitrogens is 1. The van der Waals surface area contributed by atoms with Crippen LogP contribution in [0.5, 0.6) is 5.75 Å². The number of benzene rings is 2. The Morgan fingerprint density at radius 1 is 1.19 bits per heavy atom. The smallest absolute Gasteiger partial charge is 0.129 e. The average molecular weight is 285 g/mol. The molecule has 1 heterocycles. The second-order valence-corrected chi connectivity index (χ2v) is 4.99. The summed E-state index contributed by atoms with van der Waals surface area (Å²) in [5.41, 5.74) is 4.60. The zero-order valence-corrected chi connectivity index (χ0v) is 11.9. The van der Waals surface area contributed by atoms with E-state index in [0.29, 0.717) is 5.75 Å². The van der Waals surface area contributed by atoms with Crippen molar-refractivity contribution >= 4 is 10.9 Å². The quantitative estimate of drug-likeness (QED) is 0.769. The van der Waals surface area contributed by atoms with Gasteiger partial charge < -0.3 is 14.8 Å². The summed E-state index contributed by atoms with van der Waals surface area (Å²) in [5.74, 6) is 0.182. The Hall–Kier alpha value is -2.33. The maximum atomic E-state index is 13.3. The summed E-state index contributed by atoms with van der Waals surface area (Å²) in [4.78, 5) is 3.19. The van der Waals surface area contributed by atoms with Crippen molar-refractivity contribution in [2.75, 3.05) is 7.11 Å². The lowest BCUT2D eigenvalue weighted by Crippen LogP contribution is -1.89. The lowest BCUT2D eigenvalue weighted by molar-refractivity contribution is 0.277. The van der Waals surface area contributed by atoms with Crippen LogP contribution in [0.2, 0.25) is 0 Å². The molecule has 21 heavy (non-hydrogen) atoms. The maximum Gasteiger partial charge on any atom is 0.129 e. The third-order valence-electron chi connectivity index (χ3n) is 3.79. The van der Waals surface area contributed by atoms with Gasteiger partial charge in [-0.3, -0.25) is 0 Å². The van der Waals surface area contributed by atoms with Crippen LogP contribution in [0.1, 0.15) is 11.3 Å². The first-order chi connectivity index (χ1) is 10.1. The van der Waals surface area contributed by atoms with Gasteiger partial charge in [-0.05, 0) is 42.3 Å². The Labute approximate surface area is 122 Å². The lowest BCUT2D eigenvalue weighted by Gasteiger charge is -2.09. The third kappa shape index (κ3) is 2.28. The van der Waals surface area contributed by atoms with Crippen LogP contribution in [0.4, 0.5) is 4.39 Å². The van der Waals surface area contributed by atoms with Crippen molar-refractivity contribution in [3.8, 4) is 16.9 Å². The number of halogens is 1. The fourth-order valence-corrected chi connectivity index (χ4v) is 2.61. The number of methoxy groups -OCH3 is 1. The molecule has 0 saturated carbocycles. The van der Waals surface area contributed by atoms with Crippen molar-refractivity contribution in [2.24, 2.45) is 0 Å². The minimum Gasteiger partial charge on any atom is -0.496 e. The largest absolute Gasteiger partial charge is 0.496 e. The predicted molar refractivity (Wildman–Crippen MR) is 80.9 cm³/mol. The summed E-state index contributed by atoms with van der Waals surface area (Å²) < 4.78 is 18.6. The standard InChI is InChI=1S/C17H16FNO2/c1-10-14-7-11(3-6-15(14)19-16(10)9-20)13-5-4-12(18)8-17(13)21-2/h3-8,19-20H,9H2,1-2H3. The fourth-order valence-electron chi connectivity index (χ4n) is 2.61. The first-order valence-electron chi connectivity index (χ1n) is 6.70. The fraction of sp³-hybridized carbons (Fsp3) is 0.176. The van der Waals surface area contributed by atoms with E-state index in [0.717, 1.165) is 33.3 Å². The highest BCUT2D eigenvalue weighted by Crippen LogP contribution is 2.33. The number of aromatic amines is 1. The molecule has 0 aliphatic rings. The van der Waals surface area contributed by atoms with Gasteiger partial charge in [-0.1, -0.05) is 6.07 Å². The molecule has 3 aromatic rings. The minimum atomic E-state index is -0.322. The lowest BCUT2D eigenvalue weighted by atomic mass is 10.0. The molecule has 2 N–H and O–H groups in total. The third-order valence-corrected chi connectivity index (χ3v) is 3.79. The number of rotatable bonds is 3. The van der Waals surface area contributed by atoms with E-state index in [1.54, 1.807) is 6.07 Å². The highest BCUT2D eigenvalue weighted by Gasteiger charge is 2.11. The number of aliphatic hydroxyl groups is 1. The number of aryl methyl sites for hydroxylation is 1. The van der Waals surface area contributed by atoms with Crippen LogP contribution in [0.25, 0.3) is 22.0 Å². The van der Waals surface area contributed by atoms with E-state index < -0.39 is 0 Å². The van der Waals surface area contributed by atoms with Crippen LogP contribution < -0.4 is 4.74 Å². The first kappa shape index (κ1) is 13.6. The second kappa shape index (κ2) is 5.22. The van der Waals surface area contributed by atoms with E-state index in [9.17, 15) is 9.50 Å². The van der Waals surface area contributed by atoms with Crippen LogP contribution in [0.3, 0.4) is 0 Å². The van der Waals surface area contributed by atoms with Crippen LogP contribution in [0.15, 0.2) is 36.4 Å². The van der Waals surface area contributed by atoms with E-state index in [-0.39, 0.29) is 12.4 Å². The van der Waals surface area contributed by atoms with E-state index in [2.05, 4.69) is 4.98 Å². The number of hydrogen-bond acceptors (Lipinski definition) is 2. The summed E-state index contributed by atoms with van der Waals surface area (Å²) >= 11 is 0. The number of hydrogen-bond donors (Lipinski definition) is 2. The van der Waals surface area contributed by atoms with E-state index in [1.807, 2.05) is 25.1 Å². The average Bonchev–Trinajstić information content (AvgIpc) is 2.83. The Morgan fingerprint density at radius 3 is 2.71 bits per heavy atom. The molecule has 3 nitrogen and oxygen atoms in total. The SMILES string of the molecule is COc1cc(F)ccc1-c1ccc2[nH]c(CO)c(C)c2c1. The molecular formula is C17H16FNO2. The molecule has 3 rings (SSSR count). The molecule has 0 saturated heterocycles. The Balaban J connectivity index is 2.19. The molecule has 0 bridgehead atoms. The number of aliphatic hydroxyl groups excluding tert-OH is 1. The Morgan fingerprint density at radius 2 is 2.00 bits per heavy atom. The van der Waals surface area contributed by atoms with Crippen molar-refractivity contribution in [3.05, 3.63) is 53.5 Å². The summed E-state index contributed by atoms with van der Waals surface area (Å²) in [7, 11) is 1.53. The zero-order chi connectivity index (χ0) is 15.0. The Kier molecular flexibility index (Phi) is 3.39. The predicted octanol–water partition coefficient (Wildman–Crippen LogP) is 3.78. The van der Waals surface area contributed by atoms with Crippen molar-refractivity contribution in [2.45, 2.75) is 13.5 Å². The number of H-pyrrole nitrogens is 1.